The van der Waals surface area contributed by atoms with Gasteiger partial charge in [-0.3, -0.25) is 4.99 Å². The summed E-state index contributed by atoms with van der Waals surface area (Å²) in [5.74, 6) is 0.943. The van der Waals surface area contributed by atoms with E-state index in [-0.39, 0.29) is 5.97 Å². The van der Waals surface area contributed by atoms with Crippen LogP contribution in [0.15, 0.2) is 23.2 Å². The van der Waals surface area contributed by atoms with Gasteiger partial charge in [0.25, 0.3) is 0 Å². The van der Waals surface area contributed by atoms with Gasteiger partial charge < -0.3 is 19.1 Å². The molecule has 0 amide bonds. The molecule has 1 fully saturated rings. The van der Waals surface area contributed by atoms with E-state index in [1.165, 1.54) is 11.8 Å². The maximum atomic E-state index is 12.9. The molecular weight excluding hydrogens is 376 g/mol. The maximum absolute atomic E-state index is 12.9. The Labute approximate surface area is 171 Å². The van der Waals surface area contributed by atoms with Gasteiger partial charge in [-0.25, -0.2) is 4.79 Å². The molecule has 154 valence electrons. The Hall–Kier alpha value is -1.73. The summed E-state index contributed by atoms with van der Waals surface area (Å²) < 4.78 is 17.0. The van der Waals surface area contributed by atoms with Crippen molar-refractivity contribution < 1.29 is 19.0 Å². The largest absolute Gasteiger partial charge is 0.493 e. The summed E-state index contributed by atoms with van der Waals surface area (Å²) in [5, 5.41) is 0. The van der Waals surface area contributed by atoms with E-state index in [2.05, 4.69) is 28.9 Å². The minimum Gasteiger partial charge on any atom is -0.493 e. The topological polar surface area (TPSA) is 60.4 Å². The number of hydrogen-bond donors (Lipinski definition) is 0. The average Bonchev–Trinajstić information content (AvgIpc) is 3.23. The maximum Gasteiger partial charge on any atom is 0.339 e. The number of carbonyl (C=O) groups excluding carboxylic acids is 1. The lowest BCUT2D eigenvalue weighted by atomic mass is 9.91. The van der Waals surface area contributed by atoms with Crippen molar-refractivity contribution >= 4 is 29.0 Å². The second kappa shape index (κ2) is 10.2. The van der Waals surface area contributed by atoms with Crippen LogP contribution in [0.5, 0.6) is 5.75 Å². The molecule has 28 heavy (non-hydrogen) atoms. The summed E-state index contributed by atoms with van der Waals surface area (Å²) in [6.45, 7) is 8.04. The average molecular weight is 407 g/mol. The lowest BCUT2D eigenvalue weighted by molar-refractivity contribution is -0.148. The molecule has 7 heteroatoms. The highest BCUT2D eigenvalue weighted by atomic mass is 32.2. The number of rotatable bonds is 9. The highest BCUT2D eigenvalue weighted by Gasteiger charge is 2.46. The summed E-state index contributed by atoms with van der Waals surface area (Å²) in [4.78, 5) is 19.8. The van der Waals surface area contributed by atoms with Crippen molar-refractivity contribution in [2.24, 2.45) is 4.99 Å². The van der Waals surface area contributed by atoms with Crippen molar-refractivity contribution in [1.29, 1.82) is 0 Å². The molecular formula is C21H30N2O4S. The fourth-order valence-corrected chi connectivity index (χ4v) is 4.38. The van der Waals surface area contributed by atoms with E-state index in [1.807, 2.05) is 13.0 Å². The van der Waals surface area contributed by atoms with Crippen LogP contribution in [0.1, 0.15) is 38.7 Å². The number of nitrogens with zero attached hydrogens (tertiary/aromatic N) is 2. The van der Waals surface area contributed by atoms with Crippen LogP contribution in [0.4, 0.5) is 5.69 Å². The molecule has 2 aliphatic heterocycles. The highest BCUT2D eigenvalue weighted by Crippen LogP contribution is 2.42. The Morgan fingerprint density at radius 3 is 2.79 bits per heavy atom. The molecule has 0 aliphatic carbocycles. The van der Waals surface area contributed by atoms with Crippen LogP contribution in [0.3, 0.4) is 0 Å². The number of unbranched alkanes of at least 4 members (excludes halogenated alkanes) is 2. The monoisotopic (exact) mass is 406 g/mol. The molecule has 2 aliphatic rings. The van der Waals surface area contributed by atoms with Crippen LogP contribution in [-0.4, -0.2) is 56.8 Å². The van der Waals surface area contributed by atoms with Gasteiger partial charge in [0, 0.05) is 30.1 Å². The molecule has 0 N–H and O–H groups in total. The van der Waals surface area contributed by atoms with Crippen molar-refractivity contribution in [3.8, 4) is 5.75 Å². The SMILES string of the molecule is CCCCCOc1ccc(N2CCOCC2)cc1C1(C(=O)OCC)CSC=N1. The predicted molar refractivity (Wildman–Crippen MR) is 114 cm³/mol. The van der Waals surface area contributed by atoms with Gasteiger partial charge in [0.1, 0.15) is 5.75 Å². The normalized spacial score (nSPS) is 21.7. The van der Waals surface area contributed by atoms with Crippen molar-refractivity contribution in [3.05, 3.63) is 23.8 Å². The minimum absolute atomic E-state index is 0.311. The van der Waals surface area contributed by atoms with Gasteiger partial charge in [-0.2, -0.15) is 0 Å². The van der Waals surface area contributed by atoms with Crippen molar-refractivity contribution in [3.63, 3.8) is 0 Å². The molecule has 0 aromatic heterocycles. The molecule has 0 spiro atoms. The third kappa shape index (κ3) is 4.63. The fraction of sp³-hybridized carbons (Fsp3) is 0.619. The molecule has 0 radical (unpaired) electrons. The number of thioether (sulfide) groups is 1. The van der Waals surface area contributed by atoms with Crippen LogP contribution in [-0.2, 0) is 19.8 Å². The number of anilines is 1. The first kappa shape index (κ1) is 21.0. The van der Waals surface area contributed by atoms with Gasteiger partial charge in [0.05, 0.1) is 32.0 Å². The first-order valence-corrected chi connectivity index (χ1v) is 11.2. The number of morpholine rings is 1. The standard InChI is InChI=1S/C21H30N2O4S/c1-3-5-6-11-27-19-8-7-17(23-9-12-25-13-10-23)14-18(19)21(15-28-16-22-21)20(24)26-4-2/h7-8,14,16H,3-6,9-13,15H2,1-2H3. The lowest BCUT2D eigenvalue weighted by Gasteiger charge is -2.31. The van der Waals surface area contributed by atoms with E-state index in [0.29, 0.717) is 32.2 Å². The predicted octanol–water partition coefficient (Wildman–Crippen LogP) is 3.63. The van der Waals surface area contributed by atoms with E-state index < -0.39 is 5.54 Å². The first-order valence-electron chi connectivity index (χ1n) is 10.1. The smallest absolute Gasteiger partial charge is 0.339 e. The fourth-order valence-electron chi connectivity index (χ4n) is 3.46. The van der Waals surface area contributed by atoms with Gasteiger partial charge in [-0.05, 0) is 31.5 Å². The summed E-state index contributed by atoms with van der Waals surface area (Å²) in [7, 11) is 0. The van der Waals surface area contributed by atoms with E-state index in [0.717, 1.165) is 49.4 Å². The number of benzene rings is 1. The van der Waals surface area contributed by atoms with Crippen LogP contribution >= 0.6 is 11.8 Å². The van der Waals surface area contributed by atoms with Crippen molar-refractivity contribution in [1.82, 2.24) is 0 Å². The zero-order valence-electron chi connectivity index (χ0n) is 16.8. The second-order valence-electron chi connectivity index (χ2n) is 6.96. The number of hydrogen-bond acceptors (Lipinski definition) is 7. The number of aliphatic imine (C=N–C) groups is 1. The molecule has 3 rings (SSSR count). The van der Waals surface area contributed by atoms with Gasteiger partial charge in [0.15, 0.2) is 5.54 Å². The molecule has 2 heterocycles. The molecule has 1 aromatic carbocycles. The van der Waals surface area contributed by atoms with Crippen molar-refractivity contribution in [2.75, 3.05) is 50.2 Å². The third-order valence-corrected chi connectivity index (χ3v) is 5.88. The van der Waals surface area contributed by atoms with E-state index >= 15 is 0 Å². The summed E-state index contributed by atoms with van der Waals surface area (Å²) >= 11 is 1.53. The second-order valence-corrected chi connectivity index (χ2v) is 7.79. The number of carbonyl (C=O) groups is 1. The van der Waals surface area contributed by atoms with Crippen LogP contribution in [0, 0.1) is 0 Å². The molecule has 0 saturated carbocycles. The van der Waals surface area contributed by atoms with Gasteiger partial charge in [-0.15, -0.1) is 11.8 Å². The zero-order chi connectivity index (χ0) is 19.8. The molecule has 1 unspecified atom stereocenters. The summed E-state index contributed by atoms with van der Waals surface area (Å²) in [5.41, 5.74) is 2.57. The Morgan fingerprint density at radius 1 is 1.29 bits per heavy atom. The van der Waals surface area contributed by atoms with Gasteiger partial charge in [-0.1, -0.05) is 19.8 Å². The van der Waals surface area contributed by atoms with E-state index in [1.54, 1.807) is 5.55 Å². The van der Waals surface area contributed by atoms with E-state index in [4.69, 9.17) is 14.2 Å². The van der Waals surface area contributed by atoms with Gasteiger partial charge >= 0.3 is 5.97 Å². The Morgan fingerprint density at radius 2 is 2.11 bits per heavy atom. The first-order chi connectivity index (χ1) is 13.7. The van der Waals surface area contributed by atoms with Crippen LogP contribution in [0.2, 0.25) is 0 Å². The lowest BCUT2D eigenvalue weighted by Crippen LogP contribution is -2.38. The minimum atomic E-state index is -1.04. The Bertz CT molecular complexity index is 691. The molecule has 0 bridgehead atoms. The molecule has 6 nitrogen and oxygen atoms in total. The van der Waals surface area contributed by atoms with Gasteiger partial charge in [0.2, 0.25) is 0 Å². The summed E-state index contributed by atoms with van der Waals surface area (Å²) in [6.07, 6.45) is 3.25. The third-order valence-electron chi connectivity index (χ3n) is 5.04. The quantitative estimate of drug-likeness (QED) is 0.461. The van der Waals surface area contributed by atoms with Crippen LogP contribution in [0.25, 0.3) is 0 Å². The van der Waals surface area contributed by atoms with E-state index in [9.17, 15) is 4.79 Å². The molecule has 1 atom stereocenters. The zero-order valence-corrected chi connectivity index (χ0v) is 17.6. The number of ether oxygens (including phenoxy) is 3. The number of esters is 1. The van der Waals surface area contributed by atoms with Crippen LogP contribution < -0.4 is 9.64 Å². The highest BCUT2D eigenvalue weighted by molar-refractivity contribution is 8.12. The van der Waals surface area contributed by atoms with Crippen molar-refractivity contribution in [2.45, 2.75) is 38.6 Å². The molecule has 1 aromatic rings. The Balaban J connectivity index is 1.95. The Kier molecular flexibility index (Phi) is 7.62. The molecule has 1 saturated heterocycles. The summed E-state index contributed by atoms with van der Waals surface area (Å²) in [6, 6.07) is 6.10.